The van der Waals surface area contributed by atoms with Gasteiger partial charge in [0.2, 0.25) is 0 Å². The van der Waals surface area contributed by atoms with Gasteiger partial charge in [-0.2, -0.15) is 0 Å². The van der Waals surface area contributed by atoms with Crippen LogP contribution in [0.25, 0.3) is 0 Å². The first-order chi connectivity index (χ1) is 11.7. The Morgan fingerprint density at radius 1 is 1.38 bits per heavy atom. The van der Waals surface area contributed by atoms with E-state index in [1.165, 1.54) is 7.11 Å². The van der Waals surface area contributed by atoms with E-state index in [0.717, 1.165) is 12.0 Å². The zero-order valence-electron chi connectivity index (χ0n) is 16.1. The van der Waals surface area contributed by atoms with Gasteiger partial charge in [0, 0.05) is 30.1 Å². The van der Waals surface area contributed by atoms with Crippen molar-refractivity contribution in [3.63, 3.8) is 0 Å². The van der Waals surface area contributed by atoms with Crippen molar-refractivity contribution in [3.8, 4) is 11.5 Å². The molecule has 0 fully saturated rings. The lowest BCUT2D eigenvalue weighted by Gasteiger charge is -2.27. The number of carbonyl (C=O) groups excluding carboxylic acids is 1. The molecule has 0 amide bonds. The molecule has 26 heavy (non-hydrogen) atoms. The van der Waals surface area contributed by atoms with Crippen molar-refractivity contribution in [1.29, 1.82) is 0 Å². The topological polar surface area (TPSA) is 77.0 Å². The summed E-state index contributed by atoms with van der Waals surface area (Å²) in [5.74, 6) is 0.744. The molecule has 1 aliphatic heterocycles. The summed E-state index contributed by atoms with van der Waals surface area (Å²) in [7, 11) is 1.54. The minimum absolute atomic E-state index is 0. The lowest BCUT2D eigenvalue weighted by molar-refractivity contribution is 0.0243. The van der Waals surface area contributed by atoms with Crippen molar-refractivity contribution in [1.82, 2.24) is 5.32 Å². The Bertz CT molecular complexity index is 615. The molecule has 0 saturated heterocycles. The third-order valence-electron chi connectivity index (χ3n) is 4.10. The van der Waals surface area contributed by atoms with Gasteiger partial charge in [-0.1, -0.05) is 6.92 Å². The molecule has 0 radical (unpaired) electrons. The van der Waals surface area contributed by atoms with Crippen LogP contribution >= 0.6 is 12.4 Å². The minimum Gasteiger partial charge on any atom is -0.497 e. The molecule has 0 saturated carbocycles. The summed E-state index contributed by atoms with van der Waals surface area (Å²) in [5.41, 5.74) is 1.22. The maximum Gasteiger partial charge on any atom is 0.338 e. The van der Waals surface area contributed by atoms with Gasteiger partial charge in [0.15, 0.2) is 0 Å². The van der Waals surface area contributed by atoms with E-state index in [-0.39, 0.29) is 36.6 Å². The Morgan fingerprint density at radius 3 is 2.65 bits per heavy atom. The third kappa shape index (κ3) is 6.04. The van der Waals surface area contributed by atoms with E-state index in [2.05, 4.69) is 5.32 Å². The molecule has 0 aromatic heterocycles. The zero-order valence-corrected chi connectivity index (χ0v) is 16.9. The molecule has 148 valence electrons. The van der Waals surface area contributed by atoms with Crippen molar-refractivity contribution in [2.75, 3.05) is 20.3 Å². The van der Waals surface area contributed by atoms with E-state index in [1.54, 1.807) is 12.1 Å². The number of methoxy groups -OCH3 is 1. The molecular weight excluding hydrogens is 358 g/mol. The van der Waals surface area contributed by atoms with Crippen LogP contribution in [0, 0.1) is 0 Å². The lowest BCUT2D eigenvalue weighted by Crippen LogP contribution is -2.42. The van der Waals surface area contributed by atoms with Gasteiger partial charge in [0.25, 0.3) is 0 Å². The molecule has 1 aromatic rings. The number of ether oxygens (including phenoxy) is 3. The molecule has 6 nitrogen and oxygen atoms in total. The van der Waals surface area contributed by atoms with Gasteiger partial charge in [-0.05, 0) is 33.3 Å². The number of halogens is 1. The number of cyclic esters (lactones) is 1. The number of benzene rings is 1. The van der Waals surface area contributed by atoms with Crippen LogP contribution in [0.3, 0.4) is 0 Å². The predicted octanol–water partition coefficient (Wildman–Crippen LogP) is 2.74. The molecule has 0 bridgehead atoms. The Hall–Kier alpha value is -1.50. The van der Waals surface area contributed by atoms with E-state index in [0.29, 0.717) is 30.0 Å². The zero-order chi connectivity index (χ0) is 18.6. The normalized spacial score (nSPS) is 17.6. The van der Waals surface area contributed by atoms with Crippen LogP contribution in [-0.2, 0) is 11.2 Å². The number of nitrogens with one attached hydrogen (secondary N) is 1. The summed E-state index contributed by atoms with van der Waals surface area (Å²) in [4.78, 5) is 12.2. The Labute approximate surface area is 161 Å². The second kappa shape index (κ2) is 9.44. The summed E-state index contributed by atoms with van der Waals surface area (Å²) < 4.78 is 16.5. The number of carbonyl (C=O) groups is 1. The second-order valence-electron chi connectivity index (χ2n) is 7.39. The fourth-order valence-electron chi connectivity index (χ4n) is 2.64. The minimum atomic E-state index is -0.654. The summed E-state index contributed by atoms with van der Waals surface area (Å²) >= 11 is 0. The highest BCUT2D eigenvalue weighted by molar-refractivity contribution is 5.93. The molecule has 1 heterocycles. The van der Waals surface area contributed by atoms with Crippen molar-refractivity contribution >= 4 is 18.4 Å². The lowest BCUT2D eigenvalue weighted by atomic mass is 9.96. The Balaban J connectivity index is 0.00000338. The number of hydrogen-bond acceptors (Lipinski definition) is 6. The second-order valence-corrected chi connectivity index (χ2v) is 7.39. The number of rotatable bonds is 7. The Kier molecular flexibility index (Phi) is 8.18. The van der Waals surface area contributed by atoms with Crippen LogP contribution in [0.5, 0.6) is 11.5 Å². The number of esters is 1. The molecule has 2 atom stereocenters. The van der Waals surface area contributed by atoms with E-state index >= 15 is 0 Å². The first kappa shape index (κ1) is 22.5. The van der Waals surface area contributed by atoms with E-state index in [4.69, 9.17) is 14.2 Å². The SMILES string of the molecule is CCC1Cc2c(OCC(O)CNC(C)(C)C)cc(OC)cc2C(=O)O1.Cl. The van der Waals surface area contributed by atoms with Crippen molar-refractivity contribution in [3.05, 3.63) is 23.3 Å². The van der Waals surface area contributed by atoms with Gasteiger partial charge in [-0.3, -0.25) is 0 Å². The average Bonchev–Trinajstić information content (AvgIpc) is 2.57. The number of aliphatic hydroxyl groups is 1. The molecule has 1 aromatic carbocycles. The van der Waals surface area contributed by atoms with Crippen LogP contribution in [0.1, 0.15) is 50.0 Å². The summed E-state index contributed by atoms with van der Waals surface area (Å²) in [6.07, 6.45) is 0.545. The van der Waals surface area contributed by atoms with E-state index in [9.17, 15) is 9.90 Å². The van der Waals surface area contributed by atoms with Crippen molar-refractivity contribution in [2.24, 2.45) is 0 Å². The molecule has 1 aliphatic rings. The van der Waals surface area contributed by atoms with Crippen LogP contribution in [-0.4, -0.2) is 49.1 Å². The first-order valence-corrected chi connectivity index (χ1v) is 8.71. The van der Waals surface area contributed by atoms with Gasteiger partial charge in [-0.25, -0.2) is 4.79 Å². The van der Waals surface area contributed by atoms with E-state index < -0.39 is 6.10 Å². The molecule has 7 heteroatoms. The smallest absolute Gasteiger partial charge is 0.338 e. The van der Waals surface area contributed by atoms with Crippen LogP contribution < -0.4 is 14.8 Å². The average molecular weight is 388 g/mol. The maximum atomic E-state index is 12.2. The van der Waals surface area contributed by atoms with Gasteiger partial charge in [-0.15, -0.1) is 12.4 Å². The molecule has 0 spiro atoms. The molecule has 0 aliphatic carbocycles. The molecule has 2 N–H and O–H groups in total. The molecular formula is C19H30ClNO5. The van der Waals surface area contributed by atoms with Gasteiger partial charge < -0.3 is 24.6 Å². The fourth-order valence-corrected chi connectivity index (χ4v) is 2.64. The standard InChI is InChI=1S/C19H29NO5.ClH/c1-6-13-7-15-16(18(22)25-13)8-14(23-5)9-17(15)24-11-12(21)10-20-19(2,3)4;/h8-9,12-13,20-21H,6-7,10-11H2,1-5H3;1H. The third-order valence-corrected chi connectivity index (χ3v) is 4.10. The van der Waals surface area contributed by atoms with Gasteiger partial charge in [0.1, 0.15) is 30.3 Å². The number of β-amino-alcohol motifs (C(OH)–C–C–N with tert-alkyl or cyclic N) is 1. The summed E-state index contributed by atoms with van der Waals surface area (Å²) in [6, 6.07) is 3.43. The fraction of sp³-hybridized carbons (Fsp3) is 0.632. The highest BCUT2D eigenvalue weighted by Crippen LogP contribution is 2.34. The molecule has 2 unspecified atom stereocenters. The van der Waals surface area contributed by atoms with E-state index in [1.807, 2.05) is 27.7 Å². The first-order valence-electron chi connectivity index (χ1n) is 8.71. The largest absolute Gasteiger partial charge is 0.497 e. The van der Waals surface area contributed by atoms with Crippen LogP contribution in [0.4, 0.5) is 0 Å². The van der Waals surface area contributed by atoms with Crippen LogP contribution in [0.2, 0.25) is 0 Å². The monoisotopic (exact) mass is 387 g/mol. The number of fused-ring (bicyclic) bond motifs is 1. The number of hydrogen-bond donors (Lipinski definition) is 2. The Morgan fingerprint density at radius 2 is 2.08 bits per heavy atom. The quantitative estimate of drug-likeness (QED) is 0.700. The highest BCUT2D eigenvalue weighted by Gasteiger charge is 2.29. The van der Waals surface area contributed by atoms with Crippen molar-refractivity contribution in [2.45, 2.75) is 58.3 Å². The highest BCUT2D eigenvalue weighted by atomic mass is 35.5. The maximum absolute atomic E-state index is 12.2. The van der Waals surface area contributed by atoms with Gasteiger partial charge >= 0.3 is 5.97 Å². The molecule has 2 rings (SSSR count). The van der Waals surface area contributed by atoms with Gasteiger partial charge in [0.05, 0.1) is 12.7 Å². The van der Waals surface area contributed by atoms with Crippen LogP contribution in [0.15, 0.2) is 12.1 Å². The summed E-state index contributed by atoms with van der Waals surface area (Å²) in [6.45, 7) is 8.65. The summed E-state index contributed by atoms with van der Waals surface area (Å²) in [5, 5.41) is 13.4. The predicted molar refractivity (Wildman–Crippen MR) is 103 cm³/mol. The number of aliphatic hydroxyl groups excluding tert-OH is 1. The van der Waals surface area contributed by atoms with Crippen molar-refractivity contribution < 1.29 is 24.1 Å².